The third kappa shape index (κ3) is 4.62. The first kappa shape index (κ1) is 18.0. The molecule has 1 unspecified atom stereocenters. The summed E-state index contributed by atoms with van der Waals surface area (Å²) in [6.45, 7) is 6.73. The highest BCUT2D eigenvalue weighted by molar-refractivity contribution is 6.01. The molecular formula is C17H30N6O2. The average Bonchev–Trinajstić information content (AvgIpc) is 3.20. The van der Waals surface area contributed by atoms with E-state index < -0.39 is 0 Å². The predicted octanol–water partition coefficient (Wildman–Crippen LogP) is -0.0786. The first-order valence-electron chi connectivity index (χ1n) is 9.43. The lowest BCUT2D eigenvalue weighted by atomic mass is 10.1. The molecule has 0 radical (unpaired) electrons. The number of rotatable bonds is 5. The van der Waals surface area contributed by atoms with Crippen molar-refractivity contribution in [3.8, 4) is 0 Å². The van der Waals surface area contributed by atoms with Crippen LogP contribution >= 0.6 is 0 Å². The van der Waals surface area contributed by atoms with Crippen molar-refractivity contribution in [3.63, 3.8) is 0 Å². The first-order valence-corrected chi connectivity index (χ1v) is 9.43. The average molecular weight is 350 g/mol. The van der Waals surface area contributed by atoms with Crippen LogP contribution in [0.25, 0.3) is 0 Å². The molecule has 2 N–H and O–H groups in total. The third-order valence-corrected chi connectivity index (χ3v) is 5.32. The van der Waals surface area contributed by atoms with E-state index in [4.69, 9.17) is 0 Å². The lowest BCUT2D eigenvalue weighted by molar-refractivity contribution is -0.124. The molecule has 3 aliphatic rings. The highest BCUT2D eigenvalue weighted by Gasteiger charge is 2.29. The molecule has 3 saturated heterocycles. The van der Waals surface area contributed by atoms with Crippen molar-refractivity contribution in [2.75, 3.05) is 59.4 Å². The zero-order valence-electron chi connectivity index (χ0n) is 15.2. The minimum atomic E-state index is -0.301. The van der Waals surface area contributed by atoms with Crippen molar-refractivity contribution in [2.24, 2.45) is 10.9 Å². The zero-order chi connectivity index (χ0) is 17.6. The minimum absolute atomic E-state index is 0.109. The van der Waals surface area contributed by atoms with Crippen LogP contribution in [0.5, 0.6) is 0 Å². The van der Waals surface area contributed by atoms with E-state index in [1.165, 1.54) is 50.2 Å². The number of carbonyl (C=O) groups is 2. The van der Waals surface area contributed by atoms with E-state index >= 15 is 0 Å². The molecule has 8 heteroatoms. The Morgan fingerprint density at radius 3 is 2.72 bits per heavy atom. The molecule has 0 aromatic carbocycles. The Bertz CT molecular complexity index is 501. The number of carbonyl (C=O) groups excluding carboxylic acids is 2. The van der Waals surface area contributed by atoms with Crippen LogP contribution in [0.1, 0.15) is 25.7 Å². The van der Waals surface area contributed by atoms with Gasteiger partial charge in [0.1, 0.15) is 0 Å². The number of nitrogens with zero attached hydrogens (tertiary/aromatic N) is 4. The molecule has 0 aliphatic carbocycles. The molecule has 0 spiro atoms. The second-order valence-corrected chi connectivity index (χ2v) is 7.14. The monoisotopic (exact) mass is 350 g/mol. The third-order valence-electron chi connectivity index (χ3n) is 5.32. The number of hydrogen-bond donors (Lipinski definition) is 2. The summed E-state index contributed by atoms with van der Waals surface area (Å²) in [6, 6.07) is -0.301. The van der Waals surface area contributed by atoms with Gasteiger partial charge in [0.25, 0.3) is 0 Å². The fourth-order valence-electron chi connectivity index (χ4n) is 3.97. The van der Waals surface area contributed by atoms with Crippen LogP contribution < -0.4 is 10.6 Å². The van der Waals surface area contributed by atoms with Gasteiger partial charge in [-0.05, 0) is 38.3 Å². The smallest absolute Gasteiger partial charge is 0.324 e. The van der Waals surface area contributed by atoms with Crippen LogP contribution in [0.3, 0.4) is 0 Å². The van der Waals surface area contributed by atoms with Gasteiger partial charge in [0.15, 0.2) is 5.96 Å². The van der Waals surface area contributed by atoms with E-state index in [1.807, 2.05) is 0 Å². The Morgan fingerprint density at radius 1 is 1.24 bits per heavy atom. The largest absolute Gasteiger partial charge is 0.354 e. The van der Waals surface area contributed by atoms with E-state index in [1.54, 1.807) is 7.05 Å². The Labute approximate surface area is 149 Å². The minimum Gasteiger partial charge on any atom is -0.354 e. The fraction of sp³-hybridized carbons (Fsp3) is 0.824. The van der Waals surface area contributed by atoms with Gasteiger partial charge in [-0.1, -0.05) is 6.42 Å². The van der Waals surface area contributed by atoms with Gasteiger partial charge in [-0.15, -0.1) is 0 Å². The van der Waals surface area contributed by atoms with Crippen molar-refractivity contribution in [2.45, 2.75) is 25.7 Å². The number of amides is 3. The molecule has 8 nitrogen and oxygen atoms in total. The van der Waals surface area contributed by atoms with Crippen LogP contribution in [0.15, 0.2) is 4.99 Å². The molecule has 1 atom stereocenters. The van der Waals surface area contributed by atoms with E-state index in [2.05, 4.69) is 25.4 Å². The summed E-state index contributed by atoms with van der Waals surface area (Å²) in [5.41, 5.74) is 0. The molecule has 3 heterocycles. The standard InChI is InChI=1S/C17H30N6O2/c1-18-16(19-6-10-23-15(24)11-20-17(23)25)22-9-5-14(13-22)12-21-7-3-2-4-8-21/h14H,2-13H2,1H3,(H,18,19)(H,20,25). The molecule has 0 saturated carbocycles. The molecule has 0 aromatic heterocycles. The van der Waals surface area contributed by atoms with E-state index in [-0.39, 0.29) is 18.5 Å². The maximum absolute atomic E-state index is 11.6. The topological polar surface area (TPSA) is 80.3 Å². The summed E-state index contributed by atoms with van der Waals surface area (Å²) < 4.78 is 0. The lowest BCUT2D eigenvalue weighted by Crippen LogP contribution is -2.45. The van der Waals surface area contributed by atoms with Gasteiger partial charge >= 0.3 is 6.03 Å². The fourth-order valence-corrected chi connectivity index (χ4v) is 3.97. The van der Waals surface area contributed by atoms with Gasteiger partial charge in [-0.3, -0.25) is 14.7 Å². The van der Waals surface area contributed by atoms with Gasteiger partial charge < -0.3 is 20.4 Å². The zero-order valence-corrected chi connectivity index (χ0v) is 15.2. The molecule has 25 heavy (non-hydrogen) atoms. The number of guanidine groups is 1. The van der Waals surface area contributed by atoms with E-state index in [0.29, 0.717) is 19.0 Å². The van der Waals surface area contributed by atoms with Gasteiger partial charge in [0.05, 0.1) is 6.54 Å². The summed E-state index contributed by atoms with van der Waals surface area (Å²) in [6.07, 6.45) is 5.25. The normalized spacial score (nSPS) is 25.6. The molecule has 3 aliphatic heterocycles. The number of likely N-dealkylation sites (tertiary alicyclic amines) is 2. The van der Waals surface area contributed by atoms with Gasteiger partial charge in [-0.2, -0.15) is 0 Å². The molecular weight excluding hydrogens is 320 g/mol. The summed E-state index contributed by atoms with van der Waals surface area (Å²) >= 11 is 0. The van der Waals surface area contributed by atoms with Crippen LogP contribution in [-0.4, -0.2) is 92.0 Å². The summed E-state index contributed by atoms with van der Waals surface area (Å²) in [4.78, 5) is 33.6. The van der Waals surface area contributed by atoms with E-state index in [0.717, 1.165) is 19.0 Å². The van der Waals surface area contributed by atoms with Crippen LogP contribution in [0.2, 0.25) is 0 Å². The van der Waals surface area contributed by atoms with Crippen molar-refractivity contribution in [1.82, 2.24) is 25.3 Å². The second-order valence-electron chi connectivity index (χ2n) is 7.14. The van der Waals surface area contributed by atoms with Crippen LogP contribution in [-0.2, 0) is 4.79 Å². The number of urea groups is 1. The lowest BCUT2D eigenvalue weighted by Gasteiger charge is -2.29. The SMILES string of the molecule is CN=C(NCCN1C(=O)CNC1=O)N1CCC(CN2CCCCC2)C1. The van der Waals surface area contributed by atoms with Crippen LogP contribution in [0.4, 0.5) is 4.79 Å². The van der Waals surface area contributed by atoms with Crippen molar-refractivity contribution >= 4 is 17.9 Å². The molecule has 3 rings (SSSR count). The highest BCUT2D eigenvalue weighted by atomic mass is 16.2. The van der Waals surface area contributed by atoms with Gasteiger partial charge in [0, 0.05) is 39.8 Å². The second kappa shape index (κ2) is 8.51. The maximum atomic E-state index is 11.6. The van der Waals surface area contributed by atoms with Crippen LogP contribution in [0, 0.1) is 5.92 Å². The first-order chi connectivity index (χ1) is 12.2. The highest BCUT2D eigenvalue weighted by Crippen LogP contribution is 2.19. The molecule has 0 aromatic rings. The molecule has 140 valence electrons. The Kier molecular flexibility index (Phi) is 6.12. The predicted molar refractivity (Wildman–Crippen MR) is 96.4 cm³/mol. The number of piperidine rings is 1. The van der Waals surface area contributed by atoms with Crippen molar-refractivity contribution < 1.29 is 9.59 Å². The number of nitrogens with one attached hydrogen (secondary N) is 2. The summed E-state index contributed by atoms with van der Waals surface area (Å²) in [7, 11) is 1.79. The molecule has 0 bridgehead atoms. The van der Waals surface area contributed by atoms with Crippen molar-refractivity contribution in [3.05, 3.63) is 0 Å². The number of hydrogen-bond acceptors (Lipinski definition) is 4. The summed E-state index contributed by atoms with van der Waals surface area (Å²) in [5.74, 6) is 1.40. The number of imide groups is 1. The van der Waals surface area contributed by atoms with Gasteiger partial charge in [0.2, 0.25) is 5.91 Å². The molecule has 3 fully saturated rings. The molecule has 3 amide bonds. The Hall–Kier alpha value is -1.83. The maximum Gasteiger partial charge on any atom is 0.324 e. The Balaban J connectivity index is 1.41. The van der Waals surface area contributed by atoms with Crippen molar-refractivity contribution in [1.29, 1.82) is 0 Å². The van der Waals surface area contributed by atoms with Gasteiger partial charge in [-0.25, -0.2) is 4.79 Å². The Morgan fingerprint density at radius 2 is 2.04 bits per heavy atom. The summed E-state index contributed by atoms with van der Waals surface area (Å²) in [5, 5.41) is 5.83. The van der Waals surface area contributed by atoms with E-state index in [9.17, 15) is 9.59 Å². The number of aliphatic imine (C=N–C) groups is 1. The quantitative estimate of drug-likeness (QED) is 0.412.